The van der Waals surface area contributed by atoms with Crippen LogP contribution in [0.5, 0.6) is 0 Å². The first-order chi connectivity index (χ1) is 12.0. The van der Waals surface area contributed by atoms with Crippen LogP contribution in [0.4, 0.5) is 4.39 Å². The Morgan fingerprint density at radius 3 is 2.24 bits per heavy atom. The number of carboxylic acid groups (broad SMARTS) is 1. The van der Waals surface area contributed by atoms with Gasteiger partial charge in [0.1, 0.15) is 5.25 Å². The van der Waals surface area contributed by atoms with Crippen LogP contribution in [0.2, 0.25) is 0 Å². The number of alkyl halides is 1. The van der Waals surface area contributed by atoms with Crippen LogP contribution in [0.1, 0.15) is 17.2 Å². The molecule has 0 saturated carbocycles. The normalized spacial score (nSPS) is 21.1. The summed E-state index contributed by atoms with van der Waals surface area (Å²) in [6, 6.07) is 18.8. The first-order valence-corrected chi connectivity index (χ1v) is 8.85. The summed E-state index contributed by atoms with van der Waals surface area (Å²) < 4.78 is 14.3. The standard InChI is InChI=1S/C19H18FNO3S/c20-19(18(23)24)11-12-21(13-19)17(22)16(14-7-3-1-4-8-14)25-15-9-5-2-6-10-15/h1-10,16H,11-13H2,(H,23,24). The van der Waals surface area contributed by atoms with Crippen LogP contribution in [0.3, 0.4) is 0 Å². The van der Waals surface area contributed by atoms with Gasteiger partial charge in [-0.3, -0.25) is 4.79 Å². The monoisotopic (exact) mass is 359 g/mol. The molecule has 4 nitrogen and oxygen atoms in total. The first kappa shape index (κ1) is 17.5. The van der Waals surface area contributed by atoms with E-state index in [0.717, 1.165) is 10.5 Å². The quantitative estimate of drug-likeness (QED) is 0.830. The lowest BCUT2D eigenvalue weighted by molar-refractivity contribution is -0.150. The average Bonchev–Trinajstić information content (AvgIpc) is 3.05. The van der Waals surface area contributed by atoms with E-state index in [-0.39, 0.29) is 18.9 Å². The van der Waals surface area contributed by atoms with E-state index < -0.39 is 23.4 Å². The van der Waals surface area contributed by atoms with Crippen molar-refractivity contribution in [1.82, 2.24) is 4.90 Å². The van der Waals surface area contributed by atoms with Gasteiger partial charge in [-0.1, -0.05) is 48.5 Å². The van der Waals surface area contributed by atoms with Crippen molar-refractivity contribution in [3.05, 3.63) is 66.2 Å². The largest absolute Gasteiger partial charge is 0.479 e. The Morgan fingerprint density at radius 1 is 1.08 bits per heavy atom. The zero-order chi connectivity index (χ0) is 17.9. The van der Waals surface area contributed by atoms with Gasteiger partial charge in [0.15, 0.2) is 0 Å². The Morgan fingerprint density at radius 2 is 1.68 bits per heavy atom. The molecule has 130 valence electrons. The van der Waals surface area contributed by atoms with Gasteiger partial charge in [-0.25, -0.2) is 9.18 Å². The molecule has 1 saturated heterocycles. The number of rotatable bonds is 5. The molecule has 25 heavy (non-hydrogen) atoms. The topological polar surface area (TPSA) is 57.6 Å². The van der Waals surface area contributed by atoms with Crippen LogP contribution in [0, 0.1) is 0 Å². The number of likely N-dealkylation sites (tertiary alicyclic amines) is 1. The van der Waals surface area contributed by atoms with Crippen LogP contribution in [-0.2, 0) is 9.59 Å². The zero-order valence-corrected chi connectivity index (χ0v) is 14.3. The SMILES string of the molecule is O=C(C(Sc1ccccc1)c1ccccc1)N1CCC(F)(C(=O)O)C1. The molecule has 0 radical (unpaired) electrons. The summed E-state index contributed by atoms with van der Waals surface area (Å²) in [5, 5.41) is 8.50. The third-order valence-electron chi connectivity index (χ3n) is 4.24. The van der Waals surface area contributed by atoms with Gasteiger partial charge < -0.3 is 10.0 Å². The van der Waals surface area contributed by atoms with E-state index in [0.29, 0.717) is 0 Å². The molecule has 6 heteroatoms. The molecule has 0 aromatic heterocycles. The Kier molecular flexibility index (Phi) is 5.08. The maximum absolute atomic E-state index is 14.3. The van der Waals surface area contributed by atoms with Gasteiger partial charge in [-0.05, 0) is 17.7 Å². The number of carbonyl (C=O) groups is 2. The van der Waals surface area contributed by atoms with E-state index in [1.54, 1.807) is 0 Å². The Hall–Kier alpha value is -2.34. The van der Waals surface area contributed by atoms with Gasteiger partial charge in [0.2, 0.25) is 11.6 Å². The molecule has 3 rings (SSSR count). The van der Waals surface area contributed by atoms with E-state index in [9.17, 15) is 14.0 Å². The number of carboxylic acids is 1. The molecule has 1 N–H and O–H groups in total. The maximum atomic E-state index is 14.3. The summed E-state index contributed by atoms with van der Waals surface area (Å²) in [4.78, 5) is 26.4. The van der Waals surface area contributed by atoms with E-state index in [2.05, 4.69) is 0 Å². The number of hydrogen-bond acceptors (Lipinski definition) is 3. The number of carbonyl (C=O) groups excluding carboxylic acids is 1. The second kappa shape index (κ2) is 7.27. The fraction of sp³-hybridized carbons (Fsp3) is 0.263. The lowest BCUT2D eigenvalue weighted by atomic mass is 10.1. The number of nitrogens with zero attached hydrogens (tertiary/aromatic N) is 1. The lowest BCUT2D eigenvalue weighted by Gasteiger charge is -2.24. The highest BCUT2D eigenvalue weighted by Crippen LogP contribution is 2.38. The summed E-state index contributed by atoms with van der Waals surface area (Å²) >= 11 is 1.38. The van der Waals surface area contributed by atoms with Gasteiger partial charge in [-0.15, -0.1) is 11.8 Å². The van der Waals surface area contributed by atoms with Crippen LogP contribution < -0.4 is 0 Å². The smallest absolute Gasteiger partial charge is 0.343 e. The molecule has 1 aliphatic rings. The van der Waals surface area contributed by atoms with Crippen molar-refractivity contribution in [3.63, 3.8) is 0 Å². The fourth-order valence-electron chi connectivity index (χ4n) is 2.83. The molecule has 0 bridgehead atoms. The molecule has 2 atom stereocenters. The molecular weight excluding hydrogens is 341 g/mol. The molecular formula is C19H18FNO3S. The second-order valence-corrected chi connectivity index (χ2v) is 7.18. The van der Waals surface area contributed by atoms with E-state index in [1.165, 1.54) is 16.7 Å². The van der Waals surface area contributed by atoms with Crippen LogP contribution in [0.25, 0.3) is 0 Å². The third kappa shape index (κ3) is 3.85. The maximum Gasteiger partial charge on any atom is 0.343 e. The van der Waals surface area contributed by atoms with Crippen LogP contribution >= 0.6 is 11.8 Å². The highest BCUT2D eigenvalue weighted by molar-refractivity contribution is 8.00. The highest BCUT2D eigenvalue weighted by Gasteiger charge is 2.47. The van der Waals surface area contributed by atoms with Crippen molar-refractivity contribution >= 4 is 23.6 Å². The minimum Gasteiger partial charge on any atom is -0.479 e. The van der Waals surface area contributed by atoms with Gasteiger partial charge in [-0.2, -0.15) is 0 Å². The summed E-state index contributed by atoms with van der Waals surface area (Å²) in [6.07, 6.45) is -0.175. The van der Waals surface area contributed by atoms with Gasteiger partial charge in [0.25, 0.3) is 0 Å². The van der Waals surface area contributed by atoms with Crippen molar-refractivity contribution < 1.29 is 19.1 Å². The van der Waals surface area contributed by atoms with E-state index in [4.69, 9.17) is 5.11 Å². The first-order valence-electron chi connectivity index (χ1n) is 7.97. The van der Waals surface area contributed by atoms with Crippen molar-refractivity contribution in [2.75, 3.05) is 13.1 Å². The minimum atomic E-state index is -2.35. The predicted molar refractivity (Wildman–Crippen MR) is 94.2 cm³/mol. The molecule has 2 aromatic rings. The Labute approximate surface area is 149 Å². The van der Waals surface area contributed by atoms with Gasteiger partial charge in [0.05, 0.1) is 6.54 Å². The van der Waals surface area contributed by atoms with E-state index in [1.807, 2.05) is 60.7 Å². The zero-order valence-electron chi connectivity index (χ0n) is 13.5. The Bertz CT molecular complexity index is 756. The van der Waals surface area contributed by atoms with Gasteiger partial charge >= 0.3 is 5.97 Å². The van der Waals surface area contributed by atoms with Crippen LogP contribution in [0.15, 0.2) is 65.6 Å². The molecule has 0 aliphatic carbocycles. The lowest BCUT2D eigenvalue weighted by Crippen LogP contribution is -2.40. The molecule has 1 heterocycles. The number of aliphatic carboxylic acids is 1. The average molecular weight is 359 g/mol. The number of hydrogen-bond donors (Lipinski definition) is 1. The molecule has 1 amide bonds. The summed E-state index contributed by atoms with van der Waals surface area (Å²) in [7, 11) is 0. The number of thioether (sulfide) groups is 1. The number of benzene rings is 2. The summed E-state index contributed by atoms with van der Waals surface area (Å²) in [5.74, 6) is -1.77. The predicted octanol–water partition coefficient (Wildman–Crippen LogP) is 3.55. The van der Waals surface area contributed by atoms with Gasteiger partial charge in [0, 0.05) is 17.9 Å². The van der Waals surface area contributed by atoms with Crippen molar-refractivity contribution in [2.45, 2.75) is 22.2 Å². The number of halogens is 1. The Balaban J connectivity index is 1.84. The van der Waals surface area contributed by atoms with Crippen LogP contribution in [-0.4, -0.2) is 40.6 Å². The van der Waals surface area contributed by atoms with Crippen molar-refractivity contribution in [1.29, 1.82) is 0 Å². The second-order valence-electron chi connectivity index (χ2n) is 6.00. The molecule has 2 aromatic carbocycles. The molecule has 0 spiro atoms. The molecule has 1 fully saturated rings. The molecule has 1 aliphatic heterocycles. The minimum absolute atomic E-state index is 0.111. The summed E-state index contributed by atoms with van der Waals surface area (Å²) in [6.45, 7) is -0.292. The van der Waals surface area contributed by atoms with Crippen molar-refractivity contribution in [2.24, 2.45) is 0 Å². The van der Waals surface area contributed by atoms with Crippen molar-refractivity contribution in [3.8, 4) is 0 Å². The highest BCUT2D eigenvalue weighted by atomic mass is 32.2. The third-order valence-corrected chi connectivity index (χ3v) is 5.49. The fourth-order valence-corrected chi connectivity index (χ4v) is 3.95. The van der Waals surface area contributed by atoms with E-state index >= 15 is 0 Å². The summed E-state index contributed by atoms with van der Waals surface area (Å²) in [5.41, 5.74) is -1.54. The molecule has 2 unspecified atom stereocenters. The number of amides is 1.